The molecule has 0 saturated carbocycles. The molecule has 100 valence electrons. The molecular formula is C11H19N5O2. The van der Waals surface area contributed by atoms with Crippen molar-refractivity contribution in [1.29, 1.82) is 0 Å². The minimum Gasteiger partial charge on any atom is -0.384 e. The van der Waals surface area contributed by atoms with Gasteiger partial charge in [0.15, 0.2) is 0 Å². The Morgan fingerprint density at radius 3 is 2.89 bits per heavy atom. The van der Waals surface area contributed by atoms with Crippen LogP contribution in [0.15, 0.2) is 0 Å². The molecule has 0 aromatic carbocycles. The zero-order valence-corrected chi connectivity index (χ0v) is 11.3. The average Bonchev–Trinajstić information content (AvgIpc) is 2.70. The molecule has 2 rings (SSSR count). The zero-order valence-electron chi connectivity index (χ0n) is 11.3. The van der Waals surface area contributed by atoms with E-state index in [1.165, 1.54) is 0 Å². The second-order valence-corrected chi connectivity index (χ2v) is 4.75. The van der Waals surface area contributed by atoms with Crippen molar-refractivity contribution in [1.82, 2.24) is 24.8 Å². The Hall–Kier alpha value is -1.63. The number of urea groups is 1. The summed E-state index contributed by atoms with van der Waals surface area (Å²) in [6.07, 6.45) is 0. The van der Waals surface area contributed by atoms with Crippen LogP contribution in [0.2, 0.25) is 0 Å². The van der Waals surface area contributed by atoms with Gasteiger partial charge in [-0.2, -0.15) is 0 Å². The van der Waals surface area contributed by atoms with E-state index >= 15 is 0 Å². The summed E-state index contributed by atoms with van der Waals surface area (Å²) in [5, 5.41) is 8.15. The van der Waals surface area contributed by atoms with E-state index in [0.29, 0.717) is 19.7 Å². The fraction of sp³-hybridized carbons (Fsp3) is 0.727. The smallest absolute Gasteiger partial charge is 0.319 e. The van der Waals surface area contributed by atoms with Crippen LogP contribution in [0.4, 0.5) is 4.79 Å². The molecule has 1 aliphatic heterocycles. The lowest BCUT2D eigenvalue weighted by atomic mass is 9.99. The number of aryl methyl sites for hydroxylation is 1. The summed E-state index contributed by atoms with van der Waals surface area (Å²) in [6.45, 7) is 1.71. The van der Waals surface area contributed by atoms with Crippen molar-refractivity contribution < 1.29 is 9.53 Å². The van der Waals surface area contributed by atoms with Crippen LogP contribution in [0.5, 0.6) is 0 Å². The molecule has 2 heterocycles. The highest BCUT2D eigenvalue weighted by molar-refractivity contribution is 5.74. The maximum absolute atomic E-state index is 12.0. The van der Waals surface area contributed by atoms with Crippen LogP contribution >= 0.6 is 0 Å². The SMILES string of the molecule is COC[C@H]1CN(C(=O)N(C)C)Cc2nnn(C)c21. The number of hydrogen-bond acceptors (Lipinski definition) is 4. The van der Waals surface area contributed by atoms with Gasteiger partial charge in [-0.05, 0) is 0 Å². The van der Waals surface area contributed by atoms with Gasteiger partial charge < -0.3 is 14.5 Å². The molecule has 0 fully saturated rings. The van der Waals surface area contributed by atoms with Gasteiger partial charge in [-0.25, -0.2) is 4.79 Å². The van der Waals surface area contributed by atoms with Gasteiger partial charge in [0.25, 0.3) is 0 Å². The van der Waals surface area contributed by atoms with Crippen LogP contribution in [0.1, 0.15) is 17.3 Å². The number of methoxy groups -OCH3 is 1. The van der Waals surface area contributed by atoms with Crippen LogP contribution in [0.25, 0.3) is 0 Å². The van der Waals surface area contributed by atoms with Crippen LogP contribution in [-0.2, 0) is 18.3 Å². The number of amides is 2. The standard InChI is InChI=1S/C11H19N5O2/c1-14(2)11(17)16-5-8(7-18-4)10-9(6-16)12-13-15(10)3/h8H,5-7H2,1-4H3/t8-/m1/s1. The lowest BCUT2D eigenvalue weighted by Crippen LogP contribution is -2.44. The Morgan fingerprint density at radius 1 is 1.56 bits per heavy atom. The van der Waals surface area contributed by atoms with Gasteiger partial charge in [-0.15, -0.1) is 5.10 Å². The third kappa shape index (κ3) is 2.17. The number of fused-ring (bicyclic) bond motifs is 1. The molecule has 18 heavy (non-hydrogen) atoms. The van der Waals surface area contributed by atoms with Crippen LogP contribution < -0.4 is 0 Å². The molecule has 0 radical (unpaired) electrons. The van der Waals surface area contributed by atoms with E-state index < -0.39 is 0 Å². The molecule has 7 heteroatoms. The maximum Gasteiger partial charge on any atom is 0.319 e. The molecular weight excluding hydrogens is 234 g/mol. The first-order chi connectivity index (χ1) is 8.54. The quantitative estimate of drug-likeness (QED) is 0.746. The minimum atomic E-state index is -0.00703. The molecule has 0 spiro atoms. The summed E-state index contributed by atoms with van der Waals surface area (Å²) < 4.78 is 7.00. The summed E-state index contributed by atoms with van der Waals surface area (Å²) in [5.74, 6) is 0.127. The molecule has 1 atom stereocenters. The lowest BCUT2D eigenvalue weighted by molar-refractivity contribution is 0.128. The van der Waals surface area contributed by atoms with E-state index in [2.05, 4.69) is 10.3 Å². The predicted octanol–water partition coefficient (Wildman–Crippen LogP) is 0.0423. The first kappa shape index (κ1) is 12.8. The zero-order chi connectivity index (χ0) is 13.3. The van der Waals surface area contributed by atoms with Gasteiger partial charge in [0.2, 0.25) is 0 Å². The average molecular weight is 253 g/mol. The first-order valence-corrected chi connectivity index (χ1v) is 5.88. The topological polar surface area (TPSA) is 63.5 Å². The molecule has 0 saturated heterocycles. The molecule has 1 aromatic rings. The number of aromatic nitrogens is 3. The number of hydrogen-bond donors (Lipinski definition) is 0. The van der Waals surface area contributed by atoms with E-state index in [1.807, 2.05) is 7.05 Å². The Bertz CT molecular complexity index is 443. The monoisotopic (exact) mass is 253 g/mol. The van der Waals surface area contributed by atoms with Gasteiger partial charge in [-0.3, -0.25) is 4.68 Å². The van der Waals surface area contributed by atoms with Gasteiger partial charge in [0.05, 0.1) is 18.8 Å². The van der Waals surface area contributed by atoms with Crippen molar-refractivity contribution in [3.05, 3.63) is 11.4 Å². The normalized spacial score (nSPS) is 18.7. The molecule has 2 amide bonds. The Balaban J connectivity index is 2.26. The van der Waals surface area contributed by atoms with Gasteiger partial charge >= 0.3 is 6.03 Å². The number of carbonyl (C=O) groups excluding carboxylic acids is 1. The number of nitrogens with zero attached hydrogens (tertiary/aromatic N) is 5. The Morgan fingerprint density at radius 2 is 2.28 bits per heavy atom. The number of ether oxygens (including phenoxy) is 1. The van der Waals surface area contributed by atoms with Gasteiger partial charge in [0, 0.05) is 40.7 Å². The van der Waals surface area contributed by atoms with Crippen molar-refractivity contribution in [3.63, 3.8) is 0 Å². The first-order valence-electron chi connectivity index (χ1n) is 5.88. The predicted molar refractivity (Wildman–Crippen MR) is 65.1 cm³/mol. The van der Waals surface area contributed by atoms with Crippen molar-refractivity contribution in [2.75, 3.05) is 34.4 Å². The second kappa shape index (κ2) is 4.93. The highest BCUT2D eigenvalue weighted by Gasteiger charge is 2.32. The van der Waals surface area contributed by atoms with Gasteiger partial charge in [0.1, 0.15) is 5.69 Å². The summed E-state index contributed by atoms with van der Waals surface area (Å²) in [5.41, 5.74) is 1.93. The van der Waals surface area contributed by atoms with Crippen LogP contribution in [0.3, 0.4) is 0 Å². The lowest BCUT2D eigenvalue weighted by Gasteiger charge is -2.33. The molecule has 7 nitrogen and oxygen atoms in total. The molecule has 1 aromatic heterocycles. The largest absolute Gasteiger partial charge is 0.384 e. The van der Waals surface area contributed by atoms with E-state index in [1.54, 1.807) is 35.7 Å². The molecule has 1 aliphatic rings. The van der Waals surface area contributed by atoms with E-state index in [-0.39, 0.29) is 11.9 Å². The highest BCUT2D eigenvalue weighted by Crippen LogP contribution is 2.26. The maximum atomic E-state index is 12.0. The van der Waals surface area contributed by atoms with Crippen molar-refractivity contribution >= 4 is 6.03 Å². The van der Waals surface area contributed by atoms with Crippen LogP contribution in [0, 0.1) is 0 Å². The second-order valence-electron chi connectivity index (χ2n) is 4.75. The summed E-state index contributed by atoms with van der Waals surface area (Å²) >= 11 is 0. The van der Waals surface area contributed by atoms with E-state index in [9.17, 15) is 4.79 Å². The number of carbonyl (C=O) groups is 1. The third-order valence-corrected chi connectivity index (χ3v) is 3.13. The summed E-state index contributed by atoms with van der Waals surface area (Å²) in [6, 6.07) is -0.00703. The highest BCUT2D eigenvalue weighted by atomic mass is 16.5. The molecule has 0 bridgehead atoms. The molecule has 0 aliphatic carbocycles. The summed E-state index contributed by atoms with van der Waals surface area (Å²) in [7, 11) is 7.04. The Labute approximate surface area is 106 Å². The van der Waals surface area contributed by atoms with Gasteiger partial charge in [-0.1, -0.05) is 5.21 Å². The fourth-order valence-electron chi connectivity index (χ4n) is 2.38. The van der Waals surface area contributed by atoms with Crippen LogP contribution in [-0.4, -0.2) is 65.2 Å². The fourth-order valence-corrected chi connectivity index (χ4v) is 2.38. The third-order valence-electron chi connectivity index (χ3n) is 3.13. The van der Waals surface area contributed by atoms with Crippen molar-refractivity contribution in [2.24, 2.45) is 7.05 Å². The van der Waals surface area contributed by atoms with Crippen molar-refractivity contribution in [3.8, 4) is 0 Å². The van der Waals surface area contributed by atoms with Crippen molar-refractivity contribution in [2.45, 2.75) is 12.5 Å². The number of rotatable bonds is 2. The molecule has 0 unspecified atom stereocenters. The Kier molecular flexibility index (Phi) is 3.51. The summed E-state index contributed by atoms with van der Waals surface area (Å²) in [4.78, 5) is 15.4. The van der Waals surface area contributed by atoms with E-state index in [0.717, 1.165) is 11.4 Å². The molecule has 0 N–H and O–H groups in total. The van der Waals surface area contributed by atoms with E-state index in [4.69, 9.17) is 4.74 Å². The minimum absolute atomic E-state index is 0.00703.